The Morgan fingerprint density at radius 1 is 1.37 bits per heavy atom. The molecule has 2 amide bonds. The lowest BCUT2D eigenvalue weighted by molar-refractivity contribution is 0.156. The van der Waals surface area contributed by atoms with Gasteiger partial charge < -0.3 is 15.4 Å². The predicted molar refractivity (Wildman–Crippen MR) is 75.0 cm³/mol. The summed E-state index contributed by atoms with van der Waals surface area (Å²) in [7, 11) is 1.63. The summed E-state index contributed by atoms with van der Waals surface area (Å²) in [6.45, 7) is 2.45. The first kappa shape index (κ1) is 13.9. The van der Waals surface area contributed by atoms with Crippen molar-refractivity contribution >= 4 is 6.03 Å². The van der Waals surface area contributed by atoms with Gasteiger partial charge in [0.15, 0.2) is 0 Å². The number of benzene rings is 1. The number of ether oxygens (including phenoxy) is 1. The summed E-state index contributed by atoms with van der Waals surface area (Å²) >= 11 is 0. The van der Waals surface area contributed by atoms with Crippen molar-refractivity contribution in [3.05, 3.63) is 35.9 Å². The van der Waals surface area contributed by atoms with E-state index in [-0.39, 0.29) is 17.6 Å². The molecule has 0 aromatic heterocycles. The molecule has 4 heteroatoms. The number of amides is 2. The van der Waals surface area contributed by atoms with Crippen molar-refractivity contribution in [1.82, 2.24) is 10.6 Å². The van der Waals surface area contributed by atoms with Crippen LogP contribution in [0, 0.1) is 0 Å². The lowest BCUT2D eigenvalue weighted by Gasteiger charge is -2.43. The van der Waals surface area contributed by atoms with Gasteiger partial charge in [-0.2, -0.15) is 0 Å². The maximum Gasteiger partial charge on any atom is 0.315 e. The summed E-state index contributed by atoms with van der Waals surface area (Å²) in [4.78, 5) is 12.0. The summed E-state index contributed by atoms with van der Waals surface area (Å²) < 4.78 is 5.02. The molecule has 0 heterocycles. The van der Waals surface area contributed by atoms with Crippen LogP contribution in [0.5, 0.6) is 0 Å². The highest BCUT2D eigenvalue weighted by molar-refractivity contribution is 5.75. The van der Waals surface area contributed by atoms with E-state index in [4.69, 9.17) is 4.74 Å². The fourth-order valence-corrected chi connectivity index (χ4v) is 2.54. The molecule has 1 saturated carbocycles. The smallest absolute Gasteiger partial charge is 0.315 e. The summed E-state index contributed by atoms with van der Waals surface area (Å²) in [5.74, 6) is 0. The highest BCUT2D eigenvalue weighted by Gasteiger charge is 2.39. The van der Waals surface area contributed by atoms with Crippen LogP contribution in [0.4, 0.5) is 4.79 Å². The first-order valence-corrected chi connectivity index (χ1v) is 6.79. The molecule has 0 bridgehead atoms. The van der Waals surface area contributed by atoms with Gasteiger partial charge in [0.2, 0.25) is 0 Å². The second-order valence-electron chi connectivity index (χ2n) is 5.26. The maximum atomic E-state index is 12.0. The molecule has 4 nitrogen and oxygen atoms in total. The number of nitrogens with one attached hydrogen (secondary N) is 2. The van der Waals surface area contributed by atoms with Crippen LogP contribution in [0.2, 0.25) is 0 Å². The Hall–Kier alpha value is -1.55. The molecular weight excluding hydrogens is 240 g/mol. The number of urea groups is 1. The Bertz CT molecular complexity index is 415. The van der Waals surface area contributed by atoms with Gasteiger partial charge in [0.25, 0.3) is 0 Å². The van der Waals surface area contributed by atoms with Crippen LogP contribution in [-0.2, 0) is 10.3 Å². The van der Waals surface area contributed by atoms with E-state index in [9.17, 15) is 4.79 Å². The lowest BCUT2D eigenvalue weighted by Crippen LogP contribution is -2.55. The number of rotatable bonds is 5. The van der Waals surface area contributed by atoms with Crippen molar-refractivity contribution in [1.29, 1.82) is 0 Å². The van der Waals surface area contributed by atoms with Gasteiger partial charge in [-0.05, 0) is 31.7 Å². The minimum Gasteiger partial charge on any atom is -0.383 e. The Morgan fingerprint density at radius 2 is 2.05 bits per heavy atom. The lowest BCUT2D eigenvalue weighted by atomic mass is 9.72. The zero-order valence-corrected chi connectivity index (χ0v) is 11.6. The van der Waals surface area contributed by atoms with Gasteiger partial charge in [0, 0.05) is 7.11 Å². The fraction of sp³-hybridized carbons (Fsp3) is 0.533. The SMILES string of the molecule is COCC(C)NC(=O)NC1(c2ccccc2)CCC1. The molecule has 0 aliphatic heterocycles. The highest BCUT2D eigenvalue weighted by atomic mass is 16.5. The molecule has 1 aliphatic rings. The molecule has 0 spiro atoms. The number of carbonyl (C=O) groups is 1. The average Bonchev–Trinajstić information content (AvgIpc) is 2.35. The van der Waals surface area contributed by atoms with Crippen molar-refractivity contribution in [3.63, 3.8) is 0 Å². The molecule has 1 aliphatic carbocycles. The van der Waals surface area contributed by atoms with E-state index < -0.39 is 0 Å². The molecule has 0 saturated heterocycles. The normalized spacial score (nSPS) is 18.2. The molecule has 2 rings (SSSR count). The van der Waals surface area contributed by atoms with Crippen LogP contribution in [0.15, 0.2) is 30.3 Å². The van der Waals surface area contributed by atoms with Crippen LogP contribution in [-0.4, -0.2) is 25.8 Å². The summed E-state index contributed by atoms with van der Waals surface area (Å²) in [6, 6.07) is 10.1. The minimum atomic E-state index is -0.182. The third-order valence-corrected chi connectivity index (χ3v) is 3.68. The van der Waals surface area contributed by atoms with Gasteiger partial charge >= 0.3 is 6.03 Å². The topological polar surface area (TPSA) is 50.4 Å². The van der Waals surface area contributed by atoms with Crippen molar-refractivity contribution < 1.29 is 9.53 Å². The van der Waals surface area contributed by atoms with E-state index >= 15 is 0 Å². The predicted octanol–water partition coefficient (Wildman–Crippen LogP) is 2.40. The third kappa shape index (κ3) is 3.26. The molecule has 1 fully saturated rings. The molecule has 19 heavy (non-hydrogen) atoms. The Morgan fingerprint density at radius 3 is 2.58 bits per heavy atom. The van der Waals surface area contributed by atoms with Gasteiger partial charge in [0.05, 0.1) is 18.2 Å². The first-order chi connectivity index (χ1) is 9.16. The molecule has 2 N–H and O–H groups in total. The van der Waals surface area contributed by atoms with Gasteiger partial charge in [-0.3, -0.25) is 0 Å². The molecule has 1 aromatic carbocycles. The zero-order chi connectivity index (χ0) is 13.7. The Kier molecular flexibility index (Phi) is 4.43. The van der Waals surface area contributed by atoms with Gasteiger partial charge in [0.1, 0.15) is 0 Å². The fourth-order valence-electron chi connectivity index (χ4n) is 2.54. The number of methoxy groups -OCH3 is 1. The highest BCUT2D eigenvalue weighted by Crippen LogP contribution is 2.40. The summed E-state index contributed by atoms with van der Waals surface area (Å²) in [5, 5.41) is 6.03. The Labute approximate surface area is 114 Å². The molecule has 1 unspecified atom stereocenters. The van der Waals surface area contributed by atoms with Crippen LogP contribution in [0.3, 0.4) is 0 Å². The molecule has 1 aromatic rings. The van der Waals surface area contributed by atoms with Crippen molar-refractivity contribution in [2.45, 2.75) is 37.8 Å². The van der Waals surface area contributed by atoms with E-state index in [2.05, 4.69) is 22.8 Å². The van der Waals surface area contributed by atoms with Gasteiger partial charge in [-0.15, -0.1) is 0 Å². The second-order valence-corrected chi connectivity index (χ2v) is 5.26. The quantitative estimate of drug-likeness (QED) is 0.856. The van der Waals surface area contributed by atoms with Crippen LogP contribution in [0.1, 0.15) is 31.7 Å². The third-order valence-electron chi connectivity index (χ3n) is 3.68. The molecule has 1 atom stereocenters. The van der Waals surface area contributed by atoms with E-state index in [0.29, 0.717) is 6.61 Å². The van der Waals surface area contributed by atoms with E-state index in [0.717, 1.165) is 19.3 Å². The second kappa shape index (κ2) is 6.06. The maximum absolute atomic E-state index is 12.0. The summed E-state index contributed by atoms with van der Waals surface area (Å²) in [5.41, 5.74) is 1.01. The first-order valence-electron chi connectivity index (χ1n) is 6.79. The monoisotopic (exact) mass is 262 g/mol. The van der Waals surface area contributed by atoms with Crippen LogP contribution >= 0.6 is 0 Å². The largest absolute Gasteiger partial charge is 0.383 e. The van der Waals surface area contributed by atoms with Crippen LogP contribution < -0.4 is 10.6 Å². The van der Waals surface area contributed by atoms with Crippen molar-refractivity contribution in [3.8, 4) is 0 Å². The standard InChI is InChI=1S/C15H22N2O2/c1-12(11-19-2)16-14(18)17-15(9-6-10-15)13-7-4-3-5-8-13/h3-5,7-8,12H,6,9-11H2,1-2H3,(H2,16,17,18). The van der Waals surface area contributed by atoms with Gasteiger partial charge in [-0.25, -0.2) is 4.79 Å². The minimum absolute atomic E-state index is 0.0119. The van der Waals surface area contributed by atoms with Crippen molar-refractivity contribution in [2.75, 3.05) is 13.7 Å². The average molecular weight is 262 g/mol. The zero-order valence-electron chi connectivity index (χ0n) is 11.6. The van der Waals surface area contributed by atoms with E-state index in [1.807, 2.05) is 25.1 Å². The van der Waals surface area contributed by atoms with Gasteiger partial charge in [-0.1, -0.05) is 30.3 Å². The number of carbonyl (C=O) groups excluding carboxylic acids is 1. The summed E-state index contributed by atoms with van der Waals surface area (Å²) in [6.07, 6.45) is 3.16. The Balaban J connectivity index is 1.98. The van der Waals surface area contributed by atoms with E-state index in [1.165, 1.54) is 5.56 Å². The van der Waals surface area contributed by atoms with Crippen molar-refractivity contribution in [2.24, 2.45) is 0 Å². The van der Waals surface area contributed by atoms with Crippen LogP contribution in [0.25, 0.3) is 0 Å². The molecule has 104 valence electrons. The number of hydrogen-bond donors (Lipinski definition) is 2. The molecule has 0 radical (unpaired) electrons. The van der Waals surface area contributed by atoms with E-state index in [1.54, 1.807) is 7.11 Å². The number of hydrogen-bond acceptors (Lipinski definition) is 2. The molecular formula is C15H22N2O2.